The molecule has 130 valence electrons. The molecule has 1 fully saturated rings. The first-order valence-corrected chi connectivity index (χ1v) is 7.85. The van der Waals surface area contributed by atoms with E-state index in [4.69, 9.17) is 4.42 Å². The van der Waals surface area contributed by atoms with E-state index in [0.717, 1.165) is 0 Å². The van der Waals surface area contributed by atoms with Gasteiger partial charge >= 0.3 is 0 Å². The molecule has 0 atom stereocenters. The van der Waals surface area contributed by atoms with Crippen LogP contribution in [0, 0.1) is 17.0 Å². The molecule has 2 aromatic rings. The third-order valence-electron chi connectivity index (χ3n) is 4.32. The number of amides is 2. The predicted molar refractivity (Wildman–Crippen MR) is 88.3 cm³/mol. The maximum atomic E-state index is 12.7. The summed E-state index contributed by atoms with van der Waals surface area (Å²) in [5, 5.41) is 11.0. The Kier molecular flexibility index (Phi) is 4.51. The summed E-state index contributed by atoms with van der Waals surface area (Å²) < 4.78 is 5.11. The number of furan rings is 1. The van der Waals surface area contributed by atoms with E-state index >= 15 is 0 Å². The second-order valence-electron chi connectivity index (χ2n) is 5.77. The maximum absolute atomic E-state index is 12.7. The molecule has 1 aliphatic heterocycles. The van der Waals surface area contributed by atoms with Crippen molar-refractivity contribution in [2.45, 2.75) is 6.92 Å². The van der Waals surface area contributed by atoms with Gasteiger partial charge in [-0.15, -0.1) is 0 Å². The molecule has 8 heteroatoms. The fourth-order valence-corrected chi connectivity index (χ4v) is 2.89. The van der Waals surface area contributed by atoms with Gasteiger partial charge in [-0.2, -0.15) is 0 Å². The van der Waals surface area contributed by atoms with E-state index in [-0.39, 0.29) is 23.3 Å². The van der Waals surface area contributed by atoms with Crippen LogP contribution in [-0.2, 0) is 0 Å². The number of nitro groups is 1. The fourth-order valence-electron chi connectivity index (χ4n) is 2.89. The molecule has 0 bridgehead atoms. The van der Waals surface area contributed by atoms with E-state index in [1.165, 1.54) is 18.4 Å². The standard InChI is InChI=1S/C17H17N3O5/c1-12-13(4-2-5-14(12)20(23)24)16(21)18-7-9-19(10-8-18)17(22)15-6-3-11-25-15/h2-6,11H,7-10H2,1H3. The molecule has 2 amide bonds. The zero-order valence-corrected chi connectivity index (χ0v) is 13.7. The number of hydrogen-bond acceptors (Lipinski definition) is 5. The lowest BCUT2D eigenvalue weighted by atomic mass is 10.1. The lowest BCUT2D eigenvalue weighted by Gasteiger charge is -2.34. The van der Waals surface area contributed by atoms with Crippen LogP contribution in [-0.4, -0.2) is 52.7 Å². The van der Waals surface area contributed by atoms with Gasteiger partial charge < -0.3 is 14.2 Å². The molecule has 2 heterocycles. The van der Waals surface area contributed by atoms with Gasteiger partial charge in [0, 0.05) is 43.4 Å². The van der Waals surface area contributed by atoms with Crippen molar-refractivity contribution < 1.29 is 18.9 Å². The van der Waals surface area contributed by atoms with E-state index in [0.29, 0.717) is 37.3 Å². The number of carbonyl (C=O) groups excluding carboxylic acids is 2. The minimum atomic E-state index is -0.494. The molecule has 1 aromatic heterocycles. The van der Waals surface area contributed by atoms with Crippen molar-refractivity contribution in [1.29, 1.82) is 0 Å². The summed E-state index contributed by atoms with van der Waals surface area (Å²) in [5.74, 6) is -0.191. The van der Waals surface area contributed by atoms with Crippen molar-refractivity contribution >= 4 is 17.5 Å². The maximum Gasteiger partial charge on any atom is 0.289 e. The van der Waals surface area contributed by atoms with E-state index in [1.54, 1.807) is 34.9 Å². The van der Waals surface area contributed by atoms with Crippen LogP contribution < -0.4 is 0 Å². The minimum Gasteiger partial charge on any atom is -0.459 e. The summed E-state index contributed by atoms with van der Waals surface area (Å²) in [5.41, 5.74) is 0.601. The van der Waals surface area contributed by atoms with E-state index < -0.39 is 4.92 Å². The van der Waals surface area contributed by atoms with Gasteiger partial charge in [0.25, 0.3) is 17.5 Å². The Morgan fingerprint density at radius 3 is 2.24 bits per heavy atom. The molecular weight excluding hydrogens is 326 g/mol. The van der Waals surface area contributed by atoms with E-state index in [2.05, 4.69) is 0 Å². The number of carbonyl (C=O) groups is 2. The first-order chi connectivity index (χ1) is 12.0. The van der Waals surface area contributed by atoms with Gasteiger partial charge in [-0.1, -0.05) is 6.07 Å². The van der Waals surface area contributed by atoms with Crippen LogP contribution >= 0.6 is 0 Å². The average Bonchev–Trinajstić information content (AvgIpc) is 3.15. The highest BCUT2D eigenvalue weighted by Crippen LogP contribution is 2.23. The lowest BCUT2D eigenvalue weighted by Crippen LogP contribution is -2.50. The third-order valence-corrected chi connectivity index (χ3v) is 4.32. The van der Waals surface area contributed by atoms with Crippen molar-refractivity contribution in [3.05, 3.63) is 63.6 Å². The third kappa shape index (κ3) is 3.23. The van der Waals surface area contributed by atoms with Crippen molar-refractivity contribution in [3.8, 4) is 0 Å². The molecule has 0 aliphatic carbocycles. The van der Waals surface area contributed by atoms with Crippen LogP contribution in [0.15, 0.2) is 41.0 Å². The van der Waals surface area contributed by atoms with Crippen LogP contribution in [0.5, 0.6) is 0 Å². The van der Waals surface area contributed by atoms with Gasteiger partial charge in [0.05, 0.1) is 11.2 Å². The number of nitro benzene ring substituents is 1. The van der Waals surface area contributed by atoms with Crippen LogP contribution in [0.2, 0.25) is 0 Å². The summed E-state index contributed by atoms with van der Waals surface area (Å²) in [6, 6.07) is 7.73. The van der Waals surface area contributed by atoms with Gasteiger partial charge in [0.2, 0.25) is 0 Å². The fraction of sp³-hybridized carbons (Fsp3) is 0.294. The molecule has 1 saturated heterocycles. The molecule has 0 radical (unpaired) electrons. The van der Waals surface area contributed by atoms with Crippen molar-refractivity contribution in [2.75, 3.05) is 26.2 Å². The highest BCUT2D eigenvalue weighted by atomic mass is 16.6. The molecular formula is C17H17N3O5. The van der Waals surface area contributed by atoms with E-state index in [1.807, 2.05) is 0 Å². The molecule has 0 unspecified atom stereocenters. The first kappa shape index (κ1) is 16.7. The second kappa shape index (κ2) is 6.76. The normalized spacial score (nSPS) is 14.4. The largest absolute Gasteiger partial charge is 0.459 e. The molecule has 8 nitrogen and oxygen atoms in total. The van der Waals surface area contributed by atoms with E-state index in [9.17, 15) is 19.7 Å². The Labute approximate surface area is 143 Å². The van der Waals surface area contributed by atoms with Gasteiger partial charge in [0.15, 0.2) is 5.76 Å². The van der Waals surface area contributed by atoms with Gasteiger partial charge in [-0.3, -0.25) is 19.7 Å². The summed E-state index contributed by atoms with van der Waals surface area (Å²) in [6.45, 7) is 3.08. The smallest absolute Gasteiger partial charge is 0.289 e. The second-order valence-corrected chi connectivity index (χ2v) is 5.77. The molecule has 0 saturated carbocycles. The Balaban J connectivity index is 1.69. The summed E-state index contributed by atoms with van der Waals surface area (Å²) in [6.07, 6.45) is 1.44. The topological polar surface area (TPSA) is 96.9 Å². The van der Waals surface area contributed by atoms with Crippen LogP contribution in [0.3, 0.4) is 0 Å². The summed E-state index contributed by atoms with van der Waals surface area (Å²) in [7, 11) is 0. The van der Waals surface area contributed by atoms with Crippen molar-refractivity contribution in [3.63, 3.8) is 0 Å². The molecule has 1 aromatic carbocycles. The van der Waals surface area contributed by atoms with Gasteiger partial charge in [0.1, 0.15) is 0 Å². The summed E-state index contributed by atoms with van der Waals surface area (Å²) in [4.78, 5) is 38.7. The first-order valence-electron chi connectivity index (χ1n) is 7.85. The SMILES string of the molecule is Cc1c(C(=O)N2CCN(C(=O)c3ccco3)CC2)cccc1[N+](=O)[O-]. The molecule has 0 N–H and O–H groups in total. The molecule has 1 aliphatic rings. The number of rotatable bonds is 3. The monoisotopic (exact) mass is 343 g/mol. The zero-order valence-electron chi connectivity index (χ0n) is 13.7. The van der Waals surface area contributed by atoms with Gasteiger partial charge in [-0.05, 0) is 25.1 Å². The number of hydrogen-bond donors (Lipinski definition) is 0. The average molecular weight is 343 g/mol. The lowest BCUT2D eigenvalue weighted by molar-refractivity contribution is -0.385. The number of benzene rings is 1. The van der Waals surface area contributed by atoms with Crippen LogP contribution in [0.25, 0.3) is 0 Å². The highest BCUT2D eigenvalue weighted by molar-refractivity contribution is 5.97. The molecule has 0 spiro atoms. The van der Waals surface area contributed by atoms with Crippen molar-refractivity contribution in [1.82, 2.24) is 9.80 Å². The summed E-state index contributed by atoms with van der Waals surface area (Å²) >= 11 is 0. The Morgan fingerprint density at radius 1 is 1.04 bits per heavy atom. The number of piperazine rings is 1. The quantitative estimate of drug-likeness (QED) is 0.628. The Morgan fingerprint density at radius 2 is 1.68 bits per heavy atom. The Hall–Kier alpha value is -3.16. The van der Waals surface area contributed by atoms with Crippen LogP contribution in [0.4, 0.5) is 5.69 Å². The Bertz CT molecular complexity index is 808. The molecule has 25 heavy (non-hydrogen) atoms. The van der Waals surface area contributed by atoms with Gasteiger partial charge in [-0.25, -0.2) is 0 Å². The van der Waals surface area contributed by atoms with Crippen molar-refractivity contribution in [2.24, 2.45) is 0 Å². The predicted octanol–water partition coefficient (Wildman–Crippen LogP) is 2.09. The highest BCUT2D eigenvalue weighted by Gasteiger charge is 2.28. The minimum absolute atomic E-state index is 0.0718. The molecule has 3 rings (SSSR count). The zero-order chi connectivity index (χ0) is 18.0. The van der Waals surface area contributed by atoms with Crippen LogP contribution in [0.1, 0.15) is 26.5 Å². The number of nitrogens with zero attached hydrogens (tertiary/aromatic N) is 3.